The quantitative estimate of drug-likeness (QED) is 0.272. The summed E-state index contributed by atoms with van der Waals surface area (Å²) in [5.41, 5.74) is -0.543. The number of anilines is 1. The lowest BCUT2D eigenvalue weighted by atomic mass is 9.81. The highest BCUT2D eigenvalue weighted by Gasteiger charge is 2.37. The highest BCUT2D eigenvalue weighted by atomic mass is 19.1. The Morgan fingerprint density at radius 3 is 2.78 bits per heavy atom. The molecule has 0 aliphatic carbocycles. The van der Waals surface area contributed by atoms with Gasteiger partial charge in [0.1, 0.15) is 34.0 Å². The molecule has 2 N–H and O–H groups in total. The molecule has 11 nitrogen and oxygen atoms in total. The van der Waals surface area contributed by atoms with Gasteiger partial charge in [-0.15, -0.1) is 0 Å². The van der Waals surface area contributed by atoms with Crippen molar-refractivity contribution in [2.75, 3.05) is 64.6 Å². The third kappa shape index (κ3) is 6.81. The number of likely N-dealkylation sites (tertiary alicyclic amines) is 1. The summed E-state index contributed by atoms with van der Waals surface area (Å²) in [5, 5.41) is 21.8. The number of nitrogens with zero attached hydrogens (tertiary/aromatic N) is 5. The van der Waals surface area contributed by atoms with Gasteiger partial charge in [0.05, 0.1) is 39.1 Å². The number of aliphatic hydroxyl groups excluding tert-OH is 1. The first-order chi connectivity index (χ1) is 23.6. The number of piperidine rings is 1. The molecule has 4 atom stereocenters. The van der Waals surface area contributed by atoms with Crippen LogP contribution in [0.25, 0.3) is 32.9 Å². The van der Waals surface area contributed by atoms with Crippen molar-refractivity contribution in [2.24, 2.45) is 5.41 Å². The molecule has 7 rings (SSSR count). The Bertz CT molecular complexity index is 1850. The van der Waals surface area contributed by atoms with Crippen molar-refractivity contribution in [3.05, 3.63) is 42.0 Å². The number of phenolic OH excluding ortho intramolecular Hbond substituents is 1. The van der Waals surface area contributed by atoms with Gasteiger partial charge in [-0.3, -0.25) is 4.90 Å². The summed E-state index contributed by atoms with van der Waals surface area (Å²) < 4.78 is 55.6. The van der Waals surface area contributed by atoms with Gasteiger partial charge < -0.3 is 34.1 Å². The number of β-amino-alcohol motifs (C(OH)–C–C–N with tert-alkyl or cyclic N) is 1. The largest absolute Gasteiger partial charge is 0.508 e. The fraction of sp³-hybridized carbons (Fsp3) is 0.528. The first-order valence-electron chi connectivity index (χ1n) is 17.0. The van der Waals surface area contributed by atoms with E-state index in [-0.39, 0.29) is 75.7 Å². The monoisotopic (exact) mass is 679 g/mol. The third-order valence-corrected chi connectivity index (χ3v) is 9.95. The van der Waals surface area contributed by atoms with E-state index in [9.17, 15) is 10.2 Å². The Hall–Kier alpha value is -3.91. The lowest BCUT2D eigenvalue weighted by Crippen LogP contribution is -2.51. The number of methoxy groups -OCH3 is 1. The highest BCUT2D eigenvalue weighted by molar-refractivity contribution is 6.02. The molecule has 0 amide bonds. The average Bonchev–Trinajstić information content (AvgIpc) is 3.31. The molecule has 49 heavy (non-hydrogen) atoms. The SMILES string of the molecule is COc1nc(-c2cc(O)cc3cccc(F)c23)c(F)c2nc(OCC3(C)CCCN(C4CCO[C@@H](C)C4)C3)nc(N3CCOCC(O)C3)c12. The van der Waals surface area contributed by atoms with Gasteiger partial charge in [-0.2, -0.15) is 9.97 Å². The molecule has 2 aromatic carbocycles. The summed E-state index contributed by atoms with van der Waals surface area (Å²) in [5.74, 6) is -1.35. The predicted octanol–water partition coefficient (Wildman–Crippen LogP) is 5.08. The van der Waals surface area contributed by atoms with Crippen molar-refractivity contribution in [3.8, 4) is 28.9 Å². The maximum absolute atomic E-state index is 16.9. The van der Waals surface area contributed by atoms with Crippen LogP contribution in [0.1, 0.15) is 39.5 Å². The van der Waals surface area contributed by atoms with Crippen molar-refractivity contribution >= 4 is 27.5 Å². The number of fused-ring (bicyclic) bond motifs is 2. The van der Waals surface area contributed by atoms with E-state index in [1.807, 2.05) is 0 Å². The maximum atomic E-state index is 16.9. The van der Waals surface area contributed by atoms with E-state index < -0.39 is 17.7 Å². The van der Waals surface area contributed by atoms with E-state index >= 15 is 8.78 Å². The molecule has 3 aliphatic rings. The van der Waals surface area contributed by atoms with Crippen LogP contribution in [0, 0.1) is 17.0 Å². The number of ether oxygens (including phenoxy) is 4. The summed E-state index contributed by atoms with van der Waals surface area (Å²) in [6.07, 6.45) is 3.38. The maximum Gasteiger partial charge on any atom is 0.319 e. The van der Waals surface area contributed by atoms with Crippen LogP contribution in [0.15, 0.2) is 30.3 Å². The highest BCUT2D eigenvalue weighted by Crippen LogP contribution is 2.42. The molecule has 0 bridgehead atoms. The second kappa shape index (κ2) is 13.8. The van der Waals surface area contributed by atoms with E-state index in [0.717, 1.165) is 45.4 Å². The van der Waals surface area contributed by atoms with Crippen molar-refractivity contribution in [2.45, 2.75) is 57.8 Å². The fourth-order valence-corrected chi connectivity index (χ4v) is 7.59. The number of pyridine rings is 1. The molecule has 3 fully saturated rings. The van der Waals surface area contributed by atoms with Crippen LogP contribution in [-0.2, 0) is 9.47 Å². The van der Waals surface area contributed by atoms with Gasteiger partial charge in [0.15, 0.2) is 5.82 Å². The number of aliphatic hydroxyl groups is 1. The Kier molecular flexibility index (Phi) is 9.44. The summed E-state index contributed by atoms with van der Waals surface area (Å²) in [4.78, 5) is 18.2. The van der Waals surface area contributed by atoms with Crippen molar-refractivity contribution in [3.63, 3.8) is 0 Å². The van der Waals surface area contributed by atoms with E-state index in [0.29, 0.717) is 31.2 Å². The van der Waals surface area contributed by atoms with Crippen molar-refractivity contribution in [1.29, 1.82) is 0 Å². The standard InChI is InChI=1S/C36H43F2N5O6/c1-21-14-23(8-12-48-21)43-10-5-9-36(2,19-43)20-49-35-40-32-29(33(41-35)42-11-13-47-18-25(45)17-42)34(46-3)39-31(30(32)38)26-16-24(44)15-22-6-4-7-27(37)28(22)26/h4,6-7,15-16,21,23,25,44-45H,5,8-14,17-20H2,1-3H3/t21-,23?,25?,36?/m0/s1. The summed E-state index contributed by atoms with van der Waals surface area (Å²) in [6, 6.07) is 7.52. The van der Waals surface area contributed by atoms with Crippen LogP contribution >= 0.6 is 0 Å². The molecule has 3 unspecified atom stereocenters. The Morgan fingerprint density at radius 2 is 1.96 bits per heavy atom. The summed E-state index contributed by atoms with van der Waals surface area (Å²) in [7, 11) is 1.40. The normalized spacial score (nSPS) is 25.4. The Morgan fingerprint density at radius 1 is 1.10 bits per heavy atom. The van der Waals surface area contributed by atoms with Crippen LogP contribution < -0.4 is 14.4 Å². The zero-order chi connectivity index (χ0) is 34.3. The Balaban J connectivity index is 1.31. The molecule has 0 saturated carbocycles. The van der Waals surface area contributed by atoms with Crippen LogP contribution in [0.2, 0.25) is 0 Å². The van der Waals surface area contributed by atoms with Gasteiger partial charge >= 0.3 is 6.01 Å². The van der Waals surface area contributed by atoms with Crippen LogP contribution in [0.5, 0.6) is 17.6 Å². The first kappa shape index (κ1) is 33.6. The number of phenols is 1. The lowest BCUT2D eigenvalue weighted by Gasteiger charge is -2.45. The van der Waals surface area contributed by atoms with E-state index in [1.54, 1.807) is 11.0 Å². The number of aromatic nitrogens is 3. The van der Waals surface area contributed by atoms with E-state index in [1.165, 1.54) is 31.4 Å². The molecule has 3 aliphatic heterocycles. The number of halogens is 2. The number of hydrogen-bond donors (Lipinski definition) is 2. The molecular formula is C36H43F2N5O6. The summed E-state index contributed by atoms with van der Waals surface area (Å²) >= 11 is 0. The average molecular weight is 680 g/mol. The second-order valence-corrected chi connectivity index (χ2v) is 13.9. The molecule has 2 aromatic heterocycles. The number of benzene rings is 2. The minimum Gasteiger partial charge on any atom is -0.508 e. The molecule has 0 spiro atoms. The minimum absolute atomic E-state index is 0.000936. The smallest absolute Gasteiger partial charge is 0.319 e. The van der Waals surface area contributed by atoms with Crippen LogP contribution in [-0.4, -0.2) is 108 Å². The lowest BCUT2D eigenvalue weighted by molar-refractivity contribution is -0.0431. The molecular weight excluding hydrogens is 636 g/mol. The predicted molar refractivity (Wildman–Crippen MR) is 180 cm³/mol. The van der Waals surface area contributed by atoms with Gasteiger partial charge in [-0.25, -0.2) is 13.8 Å². The van der Waals surface area contributed by atoms with Crippen LogP contribution in [0.4, 0.5) is 14.6 Å². The topological polar surface area (TPSA) is 123 Å². The fourth-order valence-electron chi connectivity index (χ4n) is 7.59. The number of hydrogen-bond acceptors (Lipinski definition) is 11. The Labute approximate surface area is 283 Å². The first-order valence-corrected chi connectivity index (χ1v) is 17.0. The molecule has 4 aromatic rings. The zero-order valence-corrected chi connectivity index (χ0v) is 28.1. The van der Waals surface area contributed by atoms with Gasteiger partial charge in [0.25, 0.3) is 0 Å². The van der Waals surface area contributed by atoms with Gasteiger partial charge in [-0.05, 0) is 62.7 Å². The number of aromatic hydroxyl groups is 1. The molecule has 5 heterocycles. The van der Waals surface area contributed by atoms with Gasteiger partial charge in [0.2, 0.25) is 5.88 Å². The van der Waals surface area contributed by atoms with Gasteiger partial charge in [0, 0.05) is 48.6 Å². The van der Waals surface area contributed by atoms with Crippen molar-refractivity contribution in [1.82, 2.24) is 19.9 Å². The van der Waals surface area contributed by atoms with Crippen LogP contribution in [0.3, 0.4) is 0 Å². The second-order valence-electron chi connectivity index (χ2n) is 13.9. The minimum atomic E-state index is -0.852. The molecule has 262 valence electrons. The molecule has 0 radical (unpaired) electrons. The number of rotatable bonds is 7. The van der Waals surface area contributed by atoms with Crippen molar-refractivity contribution < 1.29 is 37.9 Å². The molecule has 13 heteroatoms. The van der Waals surface area contributed by atoms with E-state index in [4.69, 9.17) is 23.9 Å². The van der Waals surface area contributed by atoms with E-state index in [2.05, 4.69) is 28.7 Å². The molecule has 3 saturated heterocycles. The zero-order valence-electron chi connectivity index (χ0n) is 28.1. The van der Waals surface area contributed by atoms with Gasteiger partial charge in [-0.1, -0.05) is 19.1 Å². The summed E-state index contributed by atoms with van der Waals surface area (Å²) in [6.45, 7) is 8.21. The third-order valence-electron chi connectivity index (χ3n) is 9.95.